The summed E-state index contributed by atoms with van der Waals surface area (Å²) in [5, 5.41) is 4.52. The standard InChI is InChI=1S/C20H22F3N3O2/c1-3-13-4-6-14(7-5-13)11-26(2)12-18(28)24-10-17(27)25-16-9-8-15(21)19(22)20(16)23/h4-9H,3,10-12H2,1-2H3,(H,24,28)(H,25,27)/p+1. The summed E-state index contributed by atoms with van der Waals surface area (Å²) in [5.41, 5.74) is 1.84. The lowest BCUT2D eigenvalue weighted by atomic mass is 10.1. The van der Waals surface area contributed by atoms with E-state index in [4.69, 9.17) is 0 Å². The third-order valence-electron chi connectivity index (χ3n) is 4.15. The molecule has 0 spiro atoms. The van der Waals surface area contributed by atoms with Crippen molar-refractivity contribution >= 4 is 17.5 Å². The fourth-order valence-corrected chi connectivity index (χ4v) is 2.64. The van der Waals surface area contributed by atoms with Crippen molar-refractivity contribution in [2.45, 2.75) is 19.9 Å². The van der Waals surface area contributed by atoms with Gasteiger partial charge in [-0.3, -0.25) is 9.59 Å². The molecule has 8 heteroatoms. The molecule has 0 heterocycles. The Labute approximate surface area is 161 Å². The number of anilines is 1. The van der Waals surface area contributed by atoms with Gasteiger partial charge in [-0.25, -0.2) is 13.2 Å². The van der Waals surface area contributed by atoms with Crippen molar-refractivity contribution in [3.05, 3.63) is 65.0 Å². The Hall–Kier alpha value is -2.87. The Bertz CT molecular complexity index is 841. The van der Waals surface area contributed by atoms with Gasteiger partial charge in [-0.1, -0.05) is 31.2 Å². The number of hydrogen-bond acceptors (Lipinski definition) is 2. The summed E-state index contributed by atoms with van der Waals surface area (Å²) in [7, 11) is 1.85. The van der Waals surface area contributed by atoms with Crippen LogP contribution in [0.1, 0.15) is 18.1 Å². The maximum atomic E-state index is 13.5. The van der Waals surface area contributed by atoms with Crippen LogP contribution >= 0.6 is 0 Å². The lowest BCUT2D eigenvalue weighted by Crippen LogP contribution is -3.08. The third kappa shape index (κ3) is 6.09. The topological polar surface area (TPSA) is 62.6 Å². The van der Waals surface area contributed by atoms with Crippen molar-refractivity contribution < 1.29 is 27.7 Å². The molecule has 2 rings (SSSR count). The van der Waals surface area contributed by atoms with Crippen molar-refractivity contribution in [3.63, 3.8) is 0 Å². The van der Waals surface area contributed by atoms with Gasteiger partial charge >= 0.3 is 0 Å². The minimum absolute atomic E-state index is 0.141. The van der Waals surface area contributed by atoms with Gasteiger partial charge < -0.3 is 15.5 Å². The van der Waals surface area contributed by atoms with Crippen LogP contribution in [-0.4, -0.2) is 32.0 Å². The second-order valence-electron chi connectivity index (χ2n) is 6.53. The zero-order valence-electron chi connectivity index (χ0n) is 15.7. The van der Waals surface area contributed by atoms with Gasteiger partial charge in [-0.2, -0.15) is 0 Å². The Kier molecular flexibility index (Phi) is 7.57. The van der Waals surface area contributed by atoms with Crippen LogP contribution in [0.2, 0.25) is 0 Å². The van der Waals surface area contributed by atoms with Crippen LogP contribution in [-0.2, 0) is 22.6 Å². The second-order valence-corrected chi connectivity index (χ2v) is 6.53. The molecule has 150 valence electrons. The minimum Gasteiger partial charge on any atom is -0.342 e. The number of nitrogens with one attached hydrogen (secondary N) is 3. The van der Waals surface area contributed by atoms with E-state index in [0.717, 1.165) is 23.0 Å². The number of amides is 2. The summed E-state index contributed by atoms with van der Waals surface area (Å²) in [6.07, 6.45) is 0.960. The number of carbonyl (C=O) groups is 2. The number of likely N-dealkylation sites (N-methyl/N-ethyl adjacent to an activating group) is 1. The van der Waals surface area contributed by atoms with Crippen LogP contribution in [0.5, 0.6) is 0 Å². The van der Waals surface area contributed by atoms with Crippen molar-refractivity contribution in [3.8, 4) is 0 Å². The highest BCUT2D eigenvalue weighted by Crippen LogP contribution is 2.19. The molecule has 5 nitrogen and oxygen atoms in total. The van der Waals surface area contributed by atoms with E-state index in [9.17, 15) is 22.8 Å². The van der Waals surface area contributed by atoms with E-state index in [1.54, 1.807) is 0 Å². The molecular weight excluding hydrogens is 371 g/mol. The van der Waals surface area contributed by atoms with Crippen molar-refractivity contribution in [2.24, 2.45) is 0 Å². The highest BCUT2D eigenvalue weighted by atomic mass is 19.2. The van der Waals surface area contributed by atoms with Gasteiger partial charge in [0.15, 0.2) is 24.0 Å². The number of aryl methyl sites for hydroxylation is 1. The molecule has 0 aliphatic carbocycles. The number of carbonyl (C=O) groups excluding carboxylic acids is 2. The Balaban J connectivity index is 1.78. The predicted octanol–water partition coefficient (Wildman–Crippen LogP) is 1.44. The number of rotatable bonds is 8. The fourth-order valence-electron chi connectivity index (χ4n) is 2.64. The molecule has 0 fully saturated rings. The van der Waals surface area contributed by atoms with Crippen LogP contribution < -0.4 is 15.5 Å². The summed E-state index contributed by atoms with van der Waals surface area (Å²) >= 11 is 0. The number of halogens is 3. The molecule has 0 saturated carbocycles. The number of benzene rings is 2. The molecule has 2 aromatic carbocycles. The SMILES string of the molecule is CCc1ccc(C[NH+](C)CC(=O)NCC(=O)Nc2ccc(F)c(F)c2F)cc1. The second kappa shape index (κ2) is 9.89. The van der Waals surface area contributed by atoms with Gasteiger partial charge in [0.1, 0.15) is 6.54 Å². The molecule has 0 aromatic heterocycles. The summed E-state index contributed by atoms with van der Waals surface area (Å²) in [6, 6.07) is 9.75. The number of quaternary nitrogens is 1. The zero-order valence-corrected chi connectivity index (χ0v) is 15.7. The smallest absolute Gasteiger partial charge is 0.275 e. The quantitative estimate of drug-likeness (QED) is 0.594. The van der Waals surface area contributed by atoms with Gasteiger partial charge in [-0.05, 0) is 24.1 Å². The first-order chi connectivity index (χ1) is 13.3. The predicted molar refractivity (Wildman–Crippen MR) is 99.2 cm³/mol. The first kappa shape index (κ1) is 21.4. The molecule has 1 atom stereocenters. The van der Waals surface area contributed by atoms with Crippen LogP contribution in [0.15, 0.2) is 36.4 Å². The van der Waals surface area contributed by atoms with Gasteiger partial charge in [0.25, 0.3) is 5.91 Å². The van der Waals surface area contributed by atoms with E-state index in [1.807, 2.05) is 31.3 Å². The first-order valence-electron chi connectivity index (χ1n) is 8.89. The van der Waals surface area contributed by atoms with E-state index >= 15 is 0 Å². The molecule has 0 radical (unpaired) electrons. The molecule has 0 bridgehead atoms. The van der Waals surface area contributed by atoms with Gasteiger partial charge in [0.2, 0.25) is 5.91 Å². The highest BCUT2D eigenvalue weighted by molar-refractivity contribution is 5.94. The fraction of sp³-hybridized carbons (Fsp3) is 0.300. The molecule has 2 aromatic rings. The molecule has 1 unspecified atom stereocenters. The largest absolute Gasteiger partial charge is 0.342 e. The maximum Gasteiger partial charge on any atom is 0.275 e. The third-order valence-corrected chi connectivity index (χ3v) is 4.15. The van der Waals surface area contributed by atoms with Gasteiger partial charge in [0, 0.05) is 5.56 Å². The first-order valence-corrected chi connectivity index (χ1v) is 8.89. The van der Waals surface area contributed by atoms with Crippen LogP contribution in [0.3, 0.4) is 0 Å². The molecule has 2 amide bonds. The molecular formula is C20H23F3N3O2+. The minimum atomic E-state index is -1.67. The molecule has 0 aliphatic heterocycles. The van der Waals surface area contributed by atoms with E-state index in [2.05, 4.69) is 17.6 Å². The van der Waals surface area contributed by atoms with E-state index in [-0.39, 0.29) is 12.5 Å². The molecule has 3 N–H and O–H groups in total. The summed E-state index contributed by atoms with van der Waals surface area (Å²) < 4.78 is 39.6. The molecule has 0 saturated heterocycles. The number of hydrogen-bond donors (Lipinski definition) is 3. The lowest BCUT2D eigenvalue weighted by Gasteiger charge is -2.14. The van der Waals surface area contributed by atoms with Crippen LogP contribution in [0.4, 0.5) is 18.9 Å². The molecule has 28 heavy (non-hydrogen) atoms. The van der Waals surface area contributed by atoms with Crippen molar-refractivity contribution in [1.29, 1.82) is 0 Å². The van der Waals surface area contributed by atoms with E-state index in [1.165, 1.54) is 5.56 Å². The highest BCUT2D eigenvalue weighted by Gasteiger charge is 2.16. The van der Waals surface area contributed by atoms with Gasteiger partial charge in [0.05, 0.1) is 19.3 Å². The summed E-state index contributed by atoms with van der Waals surface area (Å²) in [5.74, 6) is -5.61. The van der Waals surface area contributed by atoms with Crippen molar-refractivity contribution in [1.82, 2.24) is 5.32 Å². The van der Waals surface area contributed by atoms with Crippen LogP contribution in [0, 0.1) is 17.5 Å². The zero-order chi connectivity index (χ0) is 20.7. The van der Waals surface area contributed by atoms with Crippen LogP contribution in [0.25, 0.3) is 0 Å². The van der Waals surface area contributed by atoms with Gasteiger partial charge in [-0.15, -0.1) is 0 Å². The summed E-state index contributed by atoms with van der Waals surface area (Å²) in [4.78, 5) is 24.7. The molecule has 0 aliphatic rings. The van der Waals surface area contributed by atoms with E-state index in [0.29, 0.717) is 12.6 Å². The average molecular weight is 394 g/mol. The Morgan fingerprint density at radius 1 is 0.929 bits per heavy atom. The van der Waals surface area contributed by atoms with E-state index < -0.39 is 35.6 Å². The summed E-state index contributed by atoms with van der Waals surface area (Å²) in [6.45, 7) is 2.45. The normalized spacial score (nSPS) is 11.8. The Morgan fingerprint density at radius 3 is 2.21 bits per heavy atom. The monoisotopic (exact) mass is 394 g/mol. The lowest BCUT2D eigenvalue weighted by molar-refractivity contribution is -0.885. The average Bonchev–Trinajstić information content (AvgIpc) is 2.67. The van der Waals surface area contributed by atoms with Crippen molar-refractivity contribution in [2.75, 3.05) is 25.5 Å². The Morgan fingerprint density at radius 2 is 1.57 bits per heavy atom. The maximum absolute atomic E-state index is 13.5.